The molecule has 1 aliphatic heterocycles. The Balaban J connectivity index is 1.45. The number of likely N-dealkylation sites (tertiary alicyclic amines) is 1. The second-order valence-corrected chi connectivity index (χ2v) is 10.4. The lowest BCUT2D eigenvalue weighted by Crippen LogP contribution is -2.49. The molecule has 4 N–H and O–H groups in total. The van der Waals surface area contributed by atoms with E-state index in [1.54, 1.807) is 12.1 Å². The van der Waals surface area contributed by atoms with E-state index in [0.29, 0.717) is 31.6 Å². The summed E-state index contributed by atoms with van der Waals surface area (Å²) >= 11 is 0. The predicted molar refractivity (Wildman–Crippen MR) is 132 cm³/mol. The van der Waals surface area contributed by atoms with Crippen molar-refractivity contribution >= 4 is 11.7 Å². The minimum absolute atomic E-state index is 0.0179. The fourth-order valence-corrected chi connectivity index (χ4v) is 5.79. The zero-order valence-electron chi connectivity index (χ0n) is 21.3. The highest BCUT2D eigenvalue weighted by atomic mass is 19.4. The number of hydrogen-bond donors (Lipinski definition) is 3. The maximum absolute atomic E-state index is 13.3. The van der Waals surface area contributed by atoms with Crippen LogP contribution >= 0.6 is 0 Å². The molecule has 0 radical (unpaired) electrons. The summed E-state index contributed by atoms with van der Waals surface area (Å²) in [6.45, 7) is 0.788. The van der Waals surface area contributed by atoms with Crippen LogP contribution < -0.4 is 11.1 Å². The number of carbonyl (C=O) groups is 1. The minimum atomic E-state index is -5.02. The van der Waals surface area contributed by atoms with Crippen molar-refractivity contribution in [2.75, 3.05) is 13.1 Å². The Hall–Kier alpha value is -3.35. The summed E-state index contributed by atoms with van der Waals surface area (Å²) in [5, 5.41) is 14.9. The molecule has 4 rings (SSSR count). The van der Waals surface area contributed by atoms with Crippen molar-refractivity contribution in [3.63, 3.8) is 0 Å². The minimum Gasteiger partial charge on any atom is -0.409 e. The molecule has 218 valence electrons. The molecule has 2 unspecified atom stereocenters. The number of halogens is 7. The van der Waals surface area contributed by atoms with Crippen LogP contribution in [-0.2, 0) is 23.7 Å². The van der Waals surface area contributed by atoms with Gasteiger partial charge in [0.25, 0.3) is 0 Å². The summed E-state index contributed by atoms with van der Waals surface area (Å²) in [4.78, 5) is 15.5. The molecule has 2 aliphatic rings. The van der Waals surface area contributed by atoms with Crippen molar-refractivity contribution in [1.82, 2.24) is 10.2 Å². The second-order valence-electron chi connectivity index (χ2n) is 10.4. The number of amidine groups is 1. The molecule has 1 amide bonds. The summed E-state index contributed by atoms with van der Waals surface area (Å²) < 4.78 is 92.6. The first-order valence-electron chi connectivity index (χ1n) is 12.8. The Bertz CT molecular complexity index is 1210. The average molecular weight is 575 g/mol. The lowest BCUT2D eigenvalue weighted by Gasteiger charge is -2.37. The quantitative estimate of drug-likeness (QED) is 0.137. The van der Waals surface area contributed by atoms with Gasteiger partial charge in [-0.3, -0.25) is 4.79 Å². The van der Waals surface area contributed by atoms with Gasteiger partial charge in [-0.25, -0.2) is 4.39 Å². The van der Waals surface area contributed by atoms with Crippen LogP contribution in [0.3, 0.4) is 0 Å². The van der Waals surface area contributed by atoms with Gasteiger partial charge in [0, 0.05) is 12.6 Å². The van der Waals surface area contributed by atoms with E-state index in [0.717, 1.165) is 18.4 Å². The second kappa shape index (κ2) is 11.3. The molecule has 40 heavy (non-hydrogen) atoms. The summed E-state index contributed by atoms with van der Waals surface area (Å²) in [5.74, 6) is -1.16. The van der Waals surface area contributed by atoms with Gasteiger partial charge < -0.3 is 21.2 Å². The number of alkyl halides is 6. The van der Waals surface area contributed by atoms with Crippen LogP contribution in [0.15, 0.2) is 47.6 Å². The van der Waals surface area contributed by atoms with E-state index in [9.17, 15) is 40.7 Å². The Morgan fingerprint density at radius 3 is 2.10 bits per heavy atom. The standard InChI is InChI=1S/C27H29F7N4O2/c28-21-3-1-17(2-4-21)18-6-9-38(10-7-18)22-5-8-25(14-22,23(35)37-40)24(39)36-15-16-11-19(26(29,30)31)13-20(12-16)27(32,33)34/h1-4,11-13,18,22,40H,5-10,14-15H2,(H2,35,37)(H,36,39). The van der Waals surface area contributed by atoms with Crippen LogP contribution in [0.25, 0.3) is 0 Å². The molecule has 2 fully saturated rings. The van der Waals surface area contributed by atoms with E-state index in [1.165, 1.54) is 12.1 Å². The third-order valence-electron chi connectivity index (χ3n) is 8.01. The molecule has 0 aromatic heterocycles. The molecule has 2 atom stereocenters. The zero-order chi connectivity index (χ0) is 29.3. The van der Waals surface area contributed by atoms with Gasteiger partial charge in [-0.1, -0.05) is 17.3 Å². The number of hydrogen-bond acceptors (Lipinski definition) is 4. The van der Waals surface area contributed by atoms with Crippen molar-refractivity contribution in [3.8, 4) is 0 Å². The number of rotatable bonds is 6. The van der Waals surface area contributed by atoms with E-state index in [4.69, 9.17) is 5.73 Å². The summed E-state index contributed by atoms with van der Waals surface area (Å²) in [6, 6.07) is 7.39. The fraction of sp³-hybridized carbons (Fsp3) is 0.481. The maximum atomic E-state index is 13.3. The van der Waals surface area contributed by atoms with E-state index in [2.05, 4.69) is 15.4 Å². The van der Waals surface area contributed by atoms with Gasteiger partial charge in [-0.05, 0) is 92.6 Å². The van der Waals surface area contributed by atoms with E-state index < -0.39 is 41.3 Å². The molecule has 13 heteroatoms. The third kappa shape index (κ3) is 6.34. The van der Waals surface area contributed by atoms with Crippen molar-refractivity contribution in [2.24, 2.45) is 16.3 Å². The summed E-state index contributed by atoms with van der Waals surface area (Å²) in [5.41, 5.74) is 2.16. The van der Waals surface area contributed by atoms with Gasteiger partial charge in [-0.2, -0.15) is 26.3 Å². The highest BCUT2D eigenvalue weighted by Crippen LogP contribution is 2.43. The number of nitrogens with zero attached hydrogens (tertiary/aromatic N) is 2. The number of amides is 1. The highest BCUT2D eigenvalue weighted by molar-refractivity contribution is 6.07. The number of carbonyl (C=O) groups excluding carboxylic acids is 1. The fourth-order valence-electron chi connectivity index (χ4n) is 5.79. The van der Waals surface area contributed by atoms with Crippen LogP contribution in [0.2, 0.25) is 0 Å². The topological polar surface area (TPSA) is 91.0 Å². The normalized spacial score (nSPS) is 23.4. The van der Waals surface area contributed by atoms with Gasteiger partial charge in [0.15, 0.2) is 5.84 Å². The predicted octanol–water partition coefficient (Wildman–Crippen LogP) is 5.64. The first-order valence-corrected chi connectivity index (χ1v) is 12.8. The Morgan fingerprint density at radius 2 is 1.57 bits per heavy atom. The maximum Gasteiger partial charge on any atom is 0.416 e. The molecule has 0 bridgehead atoms. The van der Waals surface area contributed by atoms with Gasteiger partial charge in [0.2, 0.25) is 5.91 Å². The van der Waals surface area contributed by atoms with Crippen molar-refractivity contribution in [1.29, 1.82) is 0 Å². The van der Waals surface area contributed by atoms with Crippen molar-refractivity contribution in [3.05, 3.63) is 70.5 Å². The van der Waals surface area contributed by atoms with Crippen molar-refractivity contribution in [2.45, 2.75) is 63.0 Å². The molecular weight excluding hydrogens is 545 g/mol. The van der Waals surface area contributed by atoms with Gasteiger partial charge in [0.1, 0.15) is 11.2 Å². The first kappa shape index (κ1) is 29.6. The largest absolute Gasteiger partial charge is 0.416 e. The molecule has 1 heterocycles. The number of benzene rings is 2. The van der Waals surface area contributed by atoms with Crippen LogP contribution in [-0.4, -0.2) is 41.0 Å². The van der Waals surface area contributed by atoms with Crippen LogP contribution in [0, 0.1) is 11.2 Å². The Kier molecular flexibility index (Phi) is 8.34. The van der Waals surface area contributed by atoms with Gasteiger partial charge in [-0.15, -0.1) is 0 Å². The number of piperidine rings is 1. The molecule has 1 aliphatic carbocycles. The molecule has 2 aromatic carbocycles. The molecule has 0 spiro atoms. The van der Waals surface area contributed by atoms with Crippen LogP contribution in [0.5, 0.6) is 0 Å². The SMILES string of the molecule is N/C(=N/O)C1(C(=O)NCc2cc(C(F)(F)F)cc(C(F)(F)F)c2)CCC(N2CCC(c3ccc(F)cc3)CC2)C1. The summed E-state index contributed by atoms with van der Waals surface area (Å²) in [6.07, 6.45) is -7.54. The van der Waals surface area contributed by atoms with E-state index >= 15 is 0 Å². The third-order valence-corrected chi connectivity index (χ3v) is 8.01. The summed E-state index contributed by atoms with van der Waals surface area (Å²) in [7, 11) is 0. The lowest BCUT2D eigenvalue weighted by molar-refractivity contribution is -0.143. The van der Waals surface area contributed by atoms with Gasteiger partial charge in [0.05, 0.1) is 11.1 Å². The monoisotopic (exact) mass is 574 g/mol. The highest BCUT2D eigenvalue weighted by Gasteiger charge is 2.50. The van der Waals surface area contributed by atoms with E-state index in [-0.39, 0.29) is 48.1 Å². The average Bonchev–Trinajstić information content (AvgIpc) is 3.37. The lowest BCUT2D eigenvalue weighted by atomic mass is 9.83. The molecule has 1 saturated heterocycles. The van der Waals surface area contributed by atoms with Crippen LogP contribution in [0.1, 0.15) is 60.3 Å². The van der Waals surface area contributed by atoms with Gasteiger partial charge >= 0.3 is 12.4 Å². The molecular formula is C27H29F7N4O2. The first-order chi connectivity index (χ1) is 18.7. The Labute approximate surface area is 226 Å². The van der Waals surface area contributed by atoms with Crippen LogP contribution in [0.4, 0.5) is 30.7 Å². The number of nitrogens with one attached hydrogen (secondary N) is 1. The smallest absolute Gasteiger partial charge is 0.409 e. The number of nitrogens with two attached hydrogens (primary N) is 1. The molecule has 2 aromatic rings. The molecule has 6 nitrogen and oxygen atoms in total. The Morgan fingerprint density at radius 1 is 1.00 bits per heavy atom. The van der Waals surface area contributed by atoms with Crippen molar-refractivity contribution < 1.29 is 40.7 Å². The van der Waals surface area contributed by atoms with E-state index in [1.807, 2.05) is 0 Å². The zero-order valence-corrected chi connectivity index (χ0v) is 21.3. The molecule has 1 saturated carbocycles. The number of oxime groups is 1.